The van der Waals surface area contributed by atoms with E-state index in [0.717, 1.165) is 0 Å². The molecule has 3 rings (SSSR count). The van der Waals surface area contributed by atoms with Gasteiger partial charge >= 0.3 is 0 Å². The van der Waals surface area contributed by atoms with Crippen molar-refractivity contribution in [1.82, 2.24) is 0 Å². The van der Waals surface area contributed by atoms with Crippen LogP contribution in [0.5, 0.6) is 0 Å². The molecule has 3 heterocycles. The van der Waals surface area contributed by atoms with Crippen molar-refractivity contribution in [1.29, 1.82) is 0 Å². The average molecular weight is 504 g/mol. The molecule has 16 nitrogen and oxygen atoms in total. The van der Waals surface area contributed by atoms with E-state index in [-0.39, 0.29) is 0 Å². The maximum Gasteiger partial charge on any atom is 0.224 e. The molecule has 34 heavy (non-hydrogen) atoms. The summed E-state index contributed by atoms with van der Waals surface area (Å²) >= 11 is 0. The fourth-order valence-electron chi connectivity index (χ4n) is 4.26. The second kappa shape index (κ2) is 10.8. The minimum Gasteiger partial charge on any atom is -0.394 e. The summed E-state index contributed by atoms with van der Waals surface area (Å²) in [5, 5.41) is 110. The van der Waals surface area contributed by atoms with Crippen LogP contribution in [0.3, 0.4) is 0 Å². The summed E-state index contributed by atoms with van der Waals surface area (Å²) in [6, 6.07) is 0. The first-order valence-corrected chi connectivity index (χ1v) is 10.5. The smallest absolute Gasteiger partial charge is 0.224 e. The molecule has 0 bridgehead atoms. The van der Waals surface area contributed by atoms with Crippen molar-refractivity contribution in [2.75, 3.05) is 33.0 Å². The number of hydrogen-bond donors (Lipinski definition) is 11. The lowest BCUT2D eigenvalue weighted by atomic mass is 9.98. The van der Waals surface area contributed by atoms with Crippen LogP contribution in [0.15, 0.2) is 0 Å². The van der Waals surface area contributed by atoms with Crippen LogP contribution in [0.25, 0.3) is 0 Å². The van der Waals surface area contributed by atoms with Gasteiger partial charge in [0, 0.05) is 0 Å². The minimum absolute atomic E-state index is 0.753. The first-order chi connectivity index (χ1) is 16.0. The molecule has 3 saturated heterocycles. The highest BCUT2D eigenvalue weighted by Crippen LogP contribution is 2.41. The van der Waals surface area contributed by atoms with Gasteiger partial charge in [-0.2, -0.15) is 0 Å². The Morgan fingerprint density at radius 3 is 1.59 bits per heavy atom. The molecular formula is C18H32O16. The molecule has 11 N–H and O–H groups in total. The lowest BCUT2D eigenvalue weighted by Gasteiger charge is -2.43. The fourth-order valence-corrected chi connectivity index (χ4v) is 4.26. The minimum atomic E-state index is -2.47. The number of hydrogen-bond acceptors (Lipinski definition) is 16. The number of aliphatic hydroxyl groups is 11. The Hall–Kier alpha value is -0.640. The summed E-state index contributed by atoms with van der Waals surface area (Å²) in [6.07, 6.45) is -18.9. The van der Waals surface area contributed by atoms with E-state index in [4.69, 9.17) is 23.7 Å². The molecule has 0 amide bonds. The Bertz CT molecular complexity index is 668. The van der Waals surface area contributed by atoms with Crippen molar-refractivity contribution in [2.24, 2.45) is 0 Å². The van der Waals surface area contributed by atoms with Crippen LogP contribution < -0.4 is 0 Å². The van der Waals surface area contributed by atoms with E-state index >= 15 is 0 Å². The Kier molecular flexibility index (Phi) is 8.85. The maximum absolute atomic E-state index is 10.9. The molecule has 0 saturated carbocycles. The van der Waals surface area contributed by atoms with Gasteiger partial charge in [-0.3, -0.25) is 0 Å². The van der Waals surface area contributed by atoms with Crippen LogP contribution in [-0.2, 0) is 23.7 Å². The number of rotatable bonds is 9. The van der Waals surface area contributed by atoms with E-state index in [1.807, 2.05) is 0 Å². The first kappa shape index (κ1) is 27.9. The van der Waals surface area contributed by atoms with Gasteiger partial charge in [-0.15, -0.1) is 0 Å². The van der Waals surface area contributed by atoms with Crippen molar-refractivity contribution in [3.63, 3.8) is 0 Å². The molecule has 0 aromatic carbocycles. The number of aliphatic hydroxyl groups excluding tert-OH is 11. The van der Waals surface area contributed by atoms with Crippen LogP contribution in [0.2, 0.25) is 0 Å². The molecule has 13 atom stereocenters. The SMILES string of the molecule is OC[C@H]1O[C@@](CO)(O[C@@H]2[C@@H](CO)O[C@@](CO)(O[C@H]3O[C@H](CO)[C@@H](O)[C@H](O)[C@H]3O)[C@H]2O)[C@@H](O)[C@@H]1O. The Morgan fingerprint density at radius 1 is 0.559 bits per heavy atom. The lowest BCUT2D eigenvalue weighted by Crippen LogP contribution is -2.63. The third-order valence-electron chi connectivity index (χ3n) is 6.29. The number of ether oxygens (including phenoxy) is 5. The van der Waals surface area contributed by atoms with Crippen LogP contribution in [0.4, 0.5) is 0 Å². The molecule has 3 fully saturated rings. The summed E-state index contributed by atoms with van der Waals surface area (Å²) in [7, 11) is 0. The van der Waals surface area contributed by atoms with Crippen molar-refractivity contribution < 1.29 is 79.9 Å². The zero-order valence-electron chi connectivity index (χ0n) is 17.8. The Balaban J connectivity index is 1.84. The van der Waals surface area contributed by atoms with Gasteiger partial charge in [0.05, 0.1) is 19.8 Å². The van der Waals surface area contributed by atoms with E-state index in [1.54, 1.807) is 0 Å². The zero-order valence-corrected chi connectivity index (χ0v) is 17.8. The Labute approximate surface area is 192 Å². The monoisotopic (exact) mass is 504 g/mol. The molecule has 200 valence electrons. The van der Waals surface area contributed by atoms with Gasteiger partial charge in [0.1, 0.15) is 74.3 Å². The van der Waals surface area contributed by atoms with Gasteiger partial charge in [0.25, 0.3) is 0 Å². The predicted molar refractivity (Wildman–Crippen MR) is 101 cm³/mol. The summed E-state index contributed by atoms with van der Waals surface area (Å²) in [4.78, 5) is 0. The van der Waals surface area contributed by atoms with Gasteiger partial charge in [-0.1, -0.05) is 0 Å². The van der Waals surface area contributed by atoms with Crippen molar-refractivity contribution in [3.05, 3.63) is 0 Å². The largest absolute Gasteiger partial charge is 0.394 e. The normalized spacial score (nSPS) is 51.8. The third kappa shape index (κ3) is 4.59. The standard InChI is InChI=1S/C18H32O16/c19-1-6-9(24)11(26)12(27)16(30-6)34-18(5-23)15(29)13(8(3-21)32-18)33-17(4-22)14(28)10(25)7(2-20)31-17/h6-16,19-29H,1-5H2/t6-,7-,8-,9-,10-,11+,12-,13-,14+,15+,16-,17+,18+/m1/s1. The highest BCUT2D eigenvalue weighted by Gasteiger charge is 2.63. The lowest BCUT2D eigenvalue weighted by molar-refractivity contribution is -0.384. The molecule has 3 aliphatic rings. The molecule has 3 aliphatic heterocycles. The molecule has 0 aliphatic carbocycles. The highest BCUT2D eigenvalue weighted by atomic mass is 16.8. The molecule has 0 spiro atoms. The summed E-state index contributed by atoms with van der Waals surface area (Å²) < 4.78 is 26.9. The van der Waals surface area contributed by atoms with Gasteiger partial charge in [0.2, 0.25) is 11.6 Å². The quantitative estimate of drug-likeness (QED) is 0.139. The van der Waals surface area contributed by atoms with Gasteiger partial charge in [0.15, 0.2) is 6.29 Å². The maximum atomic E-state index is 10.9. The van der Waals surface area contributed by atoms with Gasteiger partial charge < -0.3 is 79.9 Å². The Morgan fingerprint density at radius 2 is 1.09 bits per heavy atom. The van der Waals surface area contributed by atoms with E-state index in [0.29, 0.717) is 0 Å². The average Bonchev–Trinajstić information content (AvgIpc) is 3.25. The van der Waals surface area contributed by atoms with E-state index in [9.17, 15) is 56.2 Å². The van der Waals surface area contributed by atoms with Crippen LogP contribution in [0, 0.1) is 0 Å². The van der Waals surface area contributed by atoms with Crippen molar-refractivity contribution in [3.8, 4) is 0 Å². The fraction of sp³-hybridized carbons (Fsp3) is 1.00. The molecule has 0 aromatic heterocycles. The molecule has 0 radical (unpaired) electrons. The third-order valence-corrected chi connectivity index (χ3v) is 6.29. The predicted octanol–water partition coefficient (Wildman–Crippen LogP) is -7.57. The first-order valence-electron chi connectivity index (χ1n) is 10.5. The van der Waals surface area contributed by atoms with Crippen molar-refractivity contribution >= 4 is 0 Å². The summed E-state index contributed by atoms with van der Waals surface area (Å²) in [5.74, 6) is -4.84. The topological polar surface area (TPSA) is 269 Å². The van der Waals surface area contributed by atoms with Gasteiger partial charge in [-0.05, 0) is 0 Å². The van der Waals surface area contributed by atoms with Gasteiger partial charge in [-0.25, -0.2) is 0 Å². The molecule has 16 heteroatoms. The second-order valence-corrected chi connectivity index (χ2v) is 8.40. The summed E-state index contributed by atoms with van der Waals surface area (Å²) in [6.45, 7) is -4.59. The highest BCUT2D eigenvalue weighted by molar-refractivity contribution is 5.03. The second-order valence-electron chi connectivity index (χ2n) is 8.40. The molecule has 0 aromatic rings. The van der Waals surface area contributed by atoms with Crippen molar-refractivity contribution in [2.45, 2.75) is 78.9 Å². The molecular weight excluding hydrogens is 472 g/mol. The van der Waals surface area contributed by atoms with Crippen LogP contribution in [-0.4, -0.2) is 168 Å². The van der Waals surface area contributed by atoms with Crippen LogP contribution >= 0.6 is 0 Å². The zero-order chi connectivity index (χ0) is 25.4. The summed E-state index contributed by atoms with van der Waals surface area (Å²) in [5.41, 5.74) is 0. The van der Waals surface area contributed by atoms with E-state index in [2.05, 4.69) is 0 Å². The van der Waals surface area contributed by atoms with E-state index < -0.39 is 112 Å². The van der Waals surface area contributed by atoms with E-state index in [1.165, 1.54) is 0 Å². The molecule has 0 unspecified atom stereocenters. The van der Waals surface area contributed by atoms with Crippen LogP contribution in [0.1, 0.15) is 0 Å².